The summed E-state index contributed by atoms with van der Waals surface area (Å²) >= 11 is 0. The third-order valence-electron chi connectivity index (χ3n) is 4.93. The molecule has 1 amide bonds. The quantitative estimate of drug-likeness (QED) is 0.642. The van der Waals surface area contributed by atoms with E-state index in [0.29, 0.717) is 0 Å². The molecule has 0 radical (unpaired) electrons. The molecule has 1 aromatic heterocycles. The van der Waals surface area contributed by atoms with Gasteiger partial charge in [0.15, 0.2) is 0 Å². The van der Waals surface area contributed by atoms with E-state index >= 15 is 0 Å². The summed E-state index contributed by atoms with van der Waals surface area (Å²) in [5, 5.41) is 4.72. The first-order valence-electron chi connectivity index (χ1n) is 9.52. The van der Waals surface area contributed by atoms with Crippen molar-refractivity contribution in [2.24, 2.45) is 0 Å². The molecule has 0 fully saturated rings. The van der Waals surface area contributed by atoms with Gasteiger partial charge < -0.3 is 4.90 Å². The maximum absolute atomic E-state index is 12.6. The third kappa shape index (κ3) is 3.95. The van der Waals surface area contributed by atoms with E-state index in [1.807, 2.05) is 68.1 Å². The zero-order chi connectivity index (χ0) is 19.4. The van der Waals surface area contributed by atoms with E-state index in [4.69, 9.17) is 5.10 Å². The highest BCUT2D eigenvalue weighted by Crippen LogP contribution is 2.28. The molecule has 0 aliphatic heterocycles. The number of aromatic nitrogens is 2. The van der Waals surface area contributed by atoms with Crippen molar-refractivity contribution in [3.05, 3.63) is 88.7 Å². The lowest BCUT2D eigenvalue weighted by Crippen LogP contribution is -2.30. The van der Waals surface area contributed by atoms with Gasteiger partial charge in [-0.15, -0.1) is 0 Å². The summed E-state index contributed by atoms with van der Waals surface area (Å²) in [6, 6.07) is 20.4. The average Bonchev–Trinajstić information content (AvgIpc) is 3.02. The summed E-state index contributed by atoms with van der Waals surface area (Å²) in [6.45, 7) is 9.53. The minimum Gasteiger partial charge on any atom is -0.339 e. The lowest BCUT2D eigenvalue weighted by atomic mass is 9.97. The maximum Gasteiger partial charge on any atom is 0.253 e. The van der Waals surface area contributed by atoms with Crippen molar-refractivity contribution in [2.75, 3.05) is 13.1 Å². The number of aryl methyl sites for hydroxylation is 2. The Balaban J connectivity index is 2.01. The van der Waals surface area contributed by atoms with Crippen molar-refractivity contribution >= 4 is 5.91 Å². The van der Waals surface area contributed by atoms with Crippen LogP contribution in [-0.2, 0) is 0 Å². The Labute approximate surface area is 161 Å². The fraction of sp³-hybridized carbons (Fsp3) is 0.304. The van der Waals surface area contributed by atoms with Crippen LogP contribution in [0.5, 0.6) is 0 Å². The molecule has 3 aromatic rings. The molecule has 0 saturated carbocycles. The molecule has 1 heterocycles. The molecular formula is C23H27N3O. The molecule has 1 atom stereocenters. The molecule has 1 unspecified atom stereocenters. The Morgan fingerprint density at radius 3 is 2.07 bits per heavy atom. The highest BCUT2D eigenvalue weighted by Gasteiger charge is 2.20. The van der Waals surface area contributed by atoms with Gasteiger partial charge in [0.25, 0.3) is 5.91 Å². The second kappa shape index (κ2) is 8.21. The predicted octanol–water partition coefficient (Wildman–Crippen LogP) is 4.62. The monoisotopic (exact) mass is 361 g/mol. The largest absolute Gasteiger partial charge is 0.339 e. The second-order valence-electron chi connectivity index (χ2n) is 6.78. The van der Waals surface area contributed by atoms with Gasteiger partial charge in [0, 0.05) is 24.3 Å². The van der Waals surface area contributed by atoms with E-state index in [1.54, 1.807) is 0 Å². The number of hydrogen-bond acceptors (Lipinski definition) is 2. The van der Waals surface area contributed by atoms with Crippen LogP contribution in [0.3, 0.4) is 0 Å². The molecule has 27 heavy (non-hydrogen) atoms. The van der Waals surface area contributed by atoms with Gasteiger partial charge >= 0.3 is 0 Å². The van der Waals surface area contributed by atoms with Gasteiger partial charge in [-0.1, -0.05) is 42.5 Å². The molecule has 0 saturated heterocycles. The van der Waals surface area contributed by atoms with Crippen molar-refractivity contribution < 1.29 is 4.79 Å². The van der Waals surface area contributed by atoms with Crippen molar-refractivity contribution in [3.63, 3.8) is 0 Å². The van der Waals surface area contributed by atoms with Crippen LogP contribution in [0.15, 0.2) is 60.7 Å². The average molecular weight is 361 g/mol. The Morgan fingerprint density at radius 1 is 0.963 bits per heavy atom. The van der Waals surface area contributed by atoms with Crippen LogP contribution in [0, 0.1) is 13.8 Å². The number of amides is 1. The highest BCUT2D eigenvalue weighted by molar-refractivity contribution is 5.94. The van der Waals surface area contributed by atoms with E-state index in [0.717, 1.165) is 35.6 Å². The van der Waals surface area contributed by atoms with Crippen LogP contribution < -0.4 is 0 Å². The Bertz CT molecular complexity index is 893. The van der Waals surface area contributed by atoms with Crippen LogP contribution >= 0.6 is 0 Å². The first-order chi connectivity index (χ1) is 13.0. The molecule has 0 aliphatic rings. The third-order valence-corrected chi connectivity index (χ3v) is 4.93. The summed E-state index contributed by atoms with van der Waals surface area (Å²) in [5.74, 6) is 0.0777. The summed E-state index contributed by atoms with van der Waals surface area (Å²) in [6.07, 6.45) is 0. The van der Waals surface area contributed by atoms with Gasteiger partial charge in [0.2, 0.25) is 0 Å². The van der Waals surface area contributed by atoms with E-state index < -0.39 is 0 Å². The van der Waals surface area contributed by atoms with Crippen LogP contribution in [0.4, 0.5) is 0 Å². The summed E-state index contributed by atoms with van der Waals surface area (Å²) in [5.41, 5.74) is 5.13. The van der Waals surface area contributed by atoms with Crippen molar-refractivity contribution in [3.8, 4) is 0 Å². The van der Waals surface area contributed by atoms with E-state index in [2.05, 4.69) is 29.8 Å². The van der Waals surface area contributed by atoms with Crippen LogP contribution in [0.25, 0.3) is 0 Å². The molecule has 2 aromatic carbocycles. The van der Waals surface area contributed by atoms with Crippen LogP contribution in [0.1, 0.15) is 52.8 Å². The zero-order valence-corrected chi connectivity index (χ0v) is 16.5. The van der Waals surface area contributed by atoms with Gasteiger partial charge in [-0.25, -0.2) is 0 Å². The van der Waals surface area contributed by atoms with Gasteiger partial charge in [-0.2, -0.15) is 5.10 Å². The molecule has 0 aliphatic carbocycles. The van der Waals surface area contributed by atoms with E-state index in [-0.39, 0.29) is 11.9 Å². The molecule has 4 nitrogen and oxygen atoms in total. The minimum atomic E-state index is -0.0162. The topological polar surface area (TPSA) is 38.1 Å². The molecular weight excluding hydrogens is 334 g/mol. The molecule has 140 valence electrons. The maximum atomic E-state index is 12.6. The predicted molar refractivity (Wildman–Crippen MR) is 109 cm³/mol. The van der Waals surface area contributed by atoms with Gasteiger partial charge in [-0.3, -0.25) is 9.48 Å². The molecule has 3 rings (SSSR count). The summed E-state index contributed by atoms with van der Waals surface area (Å²) in [7, 11) is 0. The molecule has 0 N–H and O–H groups in total. The van der Waals surface area contributed by atoms with Crippen LogP contribution in [-0.4, -0.2) is 33.7 Å². The Morgan fingerprint density at radius 2 is 1.56 bits per heavy atom. The minimum absolute atomic E-state index is 0.0162. The SMILES string of the molecule is CCN(CC)C(=O)c1ccc(C(c2ccccc2)n2nc(C)cc2C)cc1. The molecule has 0 spiro atoms. The highest BCUT2D eigenvalue weighted by atomic mass is 16.2. The zero-order valence-electron chi connectivity index (χ0n) is 16.5. The summed E-state index contributed by atoms with van der Waals surface area (Å²) < 4.78 is 2.06. The number of benzene rings is 2. The van der Waals surface area contributed by atoms with E-state index in [1.165, 1.54) is 5.56 Å². The first kappa shape index (κ1) is 18.9. The fourth-order valence-electron chi connectivity index (χ4n) is 3.52. The lowest BCUT2D eigenvalue weighted by Gasteiger charge is -2.22. The number of carbonyl (C=O) groups excluding carboxylic acids is 1. The van der Waals surface area contributed by atoms with Crippen molar-refractivity contribution in [1.29, 1.82) is 0 Å². The number of hydrogen-bond donors (Lipinski definition) is 0. The van der Waals surface area contributed by atoms with Crippen molar-refractivity contribution in [1.82, 2.24) is 14.7 Å². The standard InChI is InChI=1S/C23H27N3O/c1-5-25(6-2)23(27)21-14-12-20(13-15-21)22(19-10-8-7-9-11-19)26-18(4)16-17(3)24-26/h7-16,22H,5-6H2,1-4H3. The smallest absolute Gasteiger partial charge is 0.253 e. The Kier molecular flexibility index (Phi) is 5.75. The Hall–Kier alpha value is -2.88. The van der Waals surface area contributed by atoms with Gasteiger partial charge in [0.1, 0.15) is 6.04 Å². The van der Waals surface area contributed by atoms with Gasteiger partial charge in [0.05, 0.1) is 5.69 Å². The fourth-order valence-corrected chi connectivity index (χ4v) is 3.52. The van der Waals surface area contributed by atoms with E-state index in [9.17, 15) is 4.79 Å². The second-order valence-corrected chi connectivity index (χ2v) is 6.78. The molecule has 4 heteroatoms. The first-order valence-corrected chi connectivity index (χ1v) is 9.52. The summed E-state index contributed by atoms with van der Waals surface area (Å²) in [4.78, 5) is 14.4. The van der Waals surface area contributed by atoms with Crippen LogP contribution in [0.2, 0.25) is 0 Å². The number of rotatable bonds is 6. The number of carbonyl (C=O) groups is 1. The van der Waals surface area contributed by atoms with Gasteiger partial charge in [-0.05, 0) is 57.0 Å². The molecule has 0 bridgehead atoms. The normalized spacial score (nSPS) is 12.0. The van der Waals surface area contributed by atoms with Crippen molar-refractivity contribution in [2.45, 2.75) is 33.7 Å². The lowest BCUT2D eigenvalue weighted by molar-refractivity contribution is 0.0773. The number of nitrogens with zero attached hydrogens (tertiary/aromatic N) is 3.